The highest BCUT2D eigenvalue weighted by Crippen LogP contribution is 2.25. The molecule has 0 atom stereocenters. The van der Waals surface area contributed by atoms with E-state index in [1.807, 2.05) is 17.5 Å². The zero-order valence-electron chi connectivity index (χ0n) is 6.77. The molecule has 0 amide bonds. The largest absolute Gasteiger partial charge is 0.278 e. The summed E-state index contributed by atoms with van der Waals surface area (Å²) in [6.07, 6.45) is 0. The molecule has 0 aliphatic heterocycles. The van der Waals surface area contributed by atoms with E-state index in [1.165, 1.54) is 17.4 Å². The highest BCUT2D eigenvalue weighted by Gasteiger charge is 2.14. The maximum absolute atomic E-state index is 10.9. The lowest BCUT2D eigenvalue weighted by molar-refractivity contribution is 0.605. The maximum atomic E-state index is 10.9. The molecule has 0 saturated carbocycles. The van der Waals surface area contributed by atoms with Gasteiger partial charge >= 0.3 is 0 Å². The van der Waals surface area contributed by atoms with E-state index in [1.54, 1.807) is 0 Å². The van der Waals surface area contributed by atoms with Crippen molar-refractivity contribution in [1.29, 1.82) is 0 Å². The summed E-state index contributed by atoms with van der Waals surface area (Å²) in [6.45, 7) is 0. The fourth-order valence-corrected chi connectivity index (χ4v) is 2.31. The smallest absolute Gasteiger partial charge is 0.266 e. The molecule has 0 aliphatic rings. The Bertz CT molecular complexity index is 530. The Morgan fingerprint density at radius 2 is 2.29 bits per heavy atom. The Hall–Kier alpha value is -0.850. The van der Waals surface area contributed by atoms with Crippen LogP contribution < -0.4 is 0 Å². The van der Waals surface area contributed by atoms with Crippen molar-refractivity contribution in [3.8, 4) is 10.6 Å². The van der Waals surface area contributed by atoms with Crippen molar-refractivity contribution in [3.05, 3.63) is 23.6 Å². The van der Waals surface area contributed by atoms with E-state index in [0.29, 0.717) is 5.69 Å². The highest BCUT2D eigenvalue weighted by molar-refractivity contribution is 8.13. The van der Waals surface area contributed by atoms with Crippen molar-refractivity contribution in [2.45, 2.75) is 5.03 Å². The molecule has 2 heterocycles. The van der Waals surface area contributed by atoms with E-state index in [9.17, 15) is 8.42 Å². The van der Waals surface area contributed by atoms with E-state index in [0.717, 1.165) is 4.88 Å². The Morgan fingerprint density at radius 1 is 1.50 bits per heavy atom. The summed E-state index contributed by atoms with van der Waals surface area (Å²) in [4.78, 5) is 0.896. The molecule has 7 heteroatoms. The summed E-state index contributed by atoms with van der Waals surface area (Å²) in [5, 5.41) is 8.02. The fourth-order valence-electron chi connectivity index (χ4n) is 0.979. The van der Waals surface area contributed by atoms with Crippen molar-refractivity contribution in [2.24, 2.45) is 0 Å². The SMILES string of the molecule is O=S(=O)(Cl)c1cc(-c2cccs2)n[nH]1. The first-order valence-electron chi connectivity index (χ1n) is 3.61. The molecular weight excluding hydrogens is 244 g/mol. The lowest BCUT2D eigenvalue weighted by Gasteiger charge is -1.85. The van der Waals surface area contributed by atoms with Gasteiger partial charge in [-0.05, 0) is 11.4 Å². The number of halogens is 1. The molecule has 2 rings (SSSR count). The van der Waals surface area contributed by atoms with Crippen LogP contribution in [0.25, 0.3) is 10.6 Å². The summed E-state index contributed by atoms with van der Waals surface area (Å²) in [5.41, 5.74) is 0.583. The number of H-pyrrole nitrogens is 1. The van der Waals surface area contributed by atoms with Gasteiger partial charge in [-0.1, -0.05) is 6.07 Å². The van der Waals surface area contributed by atoms with Gasteiger partial charge in [-0.25, -0.2) is 8.42 Å². The van der Waals surface area contributed by atoms with Gasteiger partial charge in [-0.3, -0.25) is 5.10 Å². The van der Waals surface area contributed by atoms with Crippen LogP contribution >= 0.6 is 22.0 Å². The first kappa shape index (κ1) is 9.70. The minimum absolute atomic E-state index is 0.0810. The van der Waals surface area contributed by atoms with Gasteiger partial charge in [-0.2, -0.15) is 5.10 Å². The van der Waals surface area contributed by atoms with Gasteiger partial charge in [0.05, 0.1) is 4.88 Å². The third-order valence-corrected chi connectivity index (χ3v) is 3.72. The number of hydrogen-bond acceptors (Lipinski definition) is 4. The average molecular weight is 249 g/mol. The normalized spacial score (nSPS) is 11.8. The van der Waals surface area contributed by atoms with Crippen LogP contribution in [0.5, 0.6) is 0 Å². The van der Waals surface area contributed by atoms with Gasteiger partial charge in [-0.15, -0.1) is 11.3 Å². The van der Waals surface area contributed by atoms with Crippen LogP contribution in [0, 0.1) is 0 Å². The quantitative estimate of drug-likeness (QED) is 0.828. The van der Waals surface area contributed by atoms with Crippen LogP contribution in [0.2, 0.25) is 0 Å². The minimum Gasteiger partial charge on any atom is -0.266 e. The molecule has 2 aromatic heterocycles. The molecule has 0 fully saturated rings. The third kappa shape index (κ3) is 1.82. The van der Waals surface area contributed by atoms with E-state index < -0.39 is 9.05 Å². The van der Waals surface area contributed by atoms with Crippen LogP contribution in [-0.2, 0) is 9.05 Å². The number of aromatic amines is 1. The molecule has 0 bridgehead atoms. The molecule has 4 nitrogen and oxygen atoms in total. The first-order valence-corrected chi connectivity index (χ1v) is 6.80. The Kier molecular flexibility index (Phi) is 2.34. The maximum Gasteiger partial charge on any atom is 0.278 e. The van der Waals surface area contributed by atoms with Gasteiger partial charge in [0.15, 0.2) is 5.03 Å². The molecule has 0 aliphatic carbocycles. The summed E-state index contributed by atoms with van der Waals surface area (Å²) in [7, 11) is 1.42. The van der Waals surface area contributed by atoms with Crippen molar-refractivity contribution < 1.29 is 8.42 Å². The first-order chi connectivity index (χ1) is 6.57. The van der Waals surface area contributed by atoms with Gasteiger partial charge in [0.1, 0.15) is 5.69 Å². The Balaban J connectivity index is 2.46. The molecule has 0 unspecified atom stereocenters. The monoisotopic (exact) mass is 248 g/mol. The summed E-state index contributed by atoms with van der Waals surface area (Å²) >= 11 is 1.48. The van der Waals surface area contributed by atoms with Crippen LogP contribution in [0.1, 0.15) is 0 Å². The predicted molar refractivity (Wildman–Crippen MR) is 54.9 cm³/mol. The van der Waals surface area contributed by atoms with E-state index in [-0.39, 0.29) is 5.03 Å². The van der Waals surface area contributed by atoms with Crippen LogP contribution in [0.3, 0.4) is 0 Å². The second-order valence-corrected chi connectivity index (χ2v) is 6.01. The molecular formula is C7H5ClN2O2S2. The van der Waals surface area contributed by atoms with E-state index in [2.05, 4.69) is 10.2 Å². The van der Waals surface area contributed by atoms with Crippen molar-refractivity contribution in [2.75, 3.05) is 0 Å². The van der Waals surface area contributed by atoms with Crippen LogP contribution in [0.4, 0.5) is 0 Å². The second-order valence-electron chi connectivity index (χ2n) is 2.53. The lowest BCUT2D eigenvalue weighted by Crippen LogP contribution is -1.89. The van der Waals surface area contributed by atoms with Crippen LogP contribution in [0.15, 0.2) is 28.6 Å². The molecule has 14 heavy (non-hydrogen) atoms. The third-order valence-electron chi connectivity index (χ3n) is 1.59. The Labute approximate surface area is 89.0 Å². The zero-order chi connectivity index (χ0) is 10.2. The number of rotatable bonds is 2. The lowest BCUT2D eigenvalue weighted by atomic mass is 10.3. The van der Waals surface area contributed by atoms with E-state index >= 15 is 0 Å². The van der Waals surface area contributed by atoms with Gasteiger partial charge in [0, 0.05) is 16.7 Å². The van der Waals surface area contributed by atoms with E-state index in [4.69, 9.17) is 10.7 Å². The number of nitrogens with zero attached hydrogens (tertiary/aromatic N) is 1. The van der Waals surface area contributed by atoms with Gasteiger partial charge < -0.3 is 0 Å². The number of hydrogen-bond donors (Lipinski definition) is 1. The summed E-state index contributed by atoms with van der Waals surface area (Å²) in [6, 6.07) is 5.13. The molecule has 1 N–H and O–H groups in total. The number of thiophene rings is 1. The minimum atomic E-state index is -3.71. The predicted octanol–water partition coefficient (Wildman–Crippen LogP) is 2.07. The zero-order valence-corrected chi connectivity index (χ0v) is 9.16. The topological polar surface area (TPSA) is 62.8 Å². The number of aromatic nitrogens is 2. The Morgan fingerprint density at radius 3 is 2.79 bits per heavy atom. The van der Waals surface area contributed by atoms with Crippen LogP contribution in [-0.4, -0.2) is 18.6 Å². The average Bonchev–Trinajstić information content (AvgIpc) is 2.73. The molecule has 0 saturated heterocycles. The molecule has 0 spiro atoms. The second kappa shape index (κ2) is 3.38. The standard InChI is InChI=1S/C7H5ClN2O2S2/c8-14(11,12)7-4-5(9-10-7)6-2-1-3-13-6/h1-4H,(H,9,10). The van der Waals surface area contributed by atoms with Gasteiger partial charge in [0.2, 0.25) is 0 Å². The van der Waals surface area contributed by atoms with Crippen molar-refractivity contribution in [3.63, 3.8) is 0 Å². The number of nitrogens with one attached hydrogen (secondary N) is 1. The molecule has 0 radical (unpaired) electrons. The van der Waals surface area contributed by atoms with Gasteiger partial charge in [0.25, 0.3) is 9.05 Å². The highest BCUT2D eigenvalue weighted by atomic mass is 35.7. The summed E-state index contributed by atoms with van der Waals surface area (Å²) in [5.74, 6) is 0. The van der Waals surface area contributed by atoms with Crippen molar-refractivity contribution in [1.82, 2.24) is 10.2 Å². The summed E-state index contributed by atoms with van der Waals surface area (Å²) < 4.78 is 21.8. The van der Waals surface area contributed by atoms with Crippen molar-refractivity contribution >= 4 is 31.1 Å². The molecule has 0 aromatic carbocycles. The fraction of sp³-hybridized carbons (Fsp3) is 0. The molecule has 2 aromatic rings. The molecule has 74 valence electrons.